The van der Waals surface area contributed by atoms with E-state index in [0.29, 0.717) is 25.7 Å². The molecule has 0 aliphatic rings. The Kier molecular flexibility index (Phi) is 7.37. The second-order valence-electron chi connectivity index (χ2n) is 3.81. The Hall–Kier alpha value is 0.0169. The van der Waals surface area contributed by atoms with Crippen molar-refractivity contribution in [1.82, 2.24) is 0 Å². The molecule has 0 fully saturated rings. The van der Waals surface area contributed by atoms with Gasteiger partial charge in [-0.05, 0) is 13.8 Å². The fraction of sp³-hybridized carbons (Fsp3) is 1.00. The quantitative estimate of drug-likeness (QED) is 0.355. The lowest BCUT2D eigenvalue weighted by atomic mass is 10.4. The maximum absolute atomic E-state index is 12.0. The van der Waals surface area contributed by atoms with Gasteiger partial charge in [0.25, 0.3) is 0 Å². The van der Waals surface area contributed by atoms with Gasteiger partial charge < -0.3 is 23.1 Å². The minimum Gasteiger partial charge on any atom is -0.633 e. The molecule has 0 atom stereocenters. The van der Waals surface area contributed by atoms with Crippen molar-refractivity contribution in [2.45, 2.75) is 26.3 Å². The third kappa shape index (κ3) is 4.48. The van der Waals surface area contributed by atoms with Crippen molar-refractivity contribution in [2.24, 2.45) is 0 Å². The van der Waals surface area contributed by atoms with E-state index in [4.69, 9.17) is 13.3 Å². The normalized spacial score (nSPS) is 13.1. The average Bonchev–Trinajstić information content (AvgIpc) is 2.35. The van der Waals surface area contributed by atoms with Gasteiger partial charge in [0.15, 0.2) is 0 Å². The zero-order valence-corrected chi connectivity index (χ0v) is 12.1. The predicted molar refractivity (Wildman–Crippen MR) is 65.8 cm³/mol. The molecule has 0 N–H and O–H groups in total. The van der Waals surface area contributed by atoms with Crippen molar-refractivity contribution >= 4 is 8.80 Å². The molecule has 0 saturated carbocycles. The molecule has 0 aromatic rings. The first-order chi connectivity index (χ1) is 7.51. The molecule has 0 bridgehead atoms. The molecule has 0 amide bonds. The van der Waals surface area contributed by atoms with E-state index in [2.05, 4.69) is 0 Å². The summed E-state index contributed by atoms with van der Waals surface area (Å²) in [5, 5.41) is 12.0. The van der Waals surface area contributed by atoms with Gasteiger partial charge in [-0.25, -0.2) is 0 Å². The van der Waals surface area contributed by atoms with E-state index in [1.807, 2.05) is 13.8 Å². The molecule has 0 saturated heterocycles. The summed E-state index contributed by atoms with van der Waals surface area (Å²) in [7, 11) is 2.29. The fourth-order valence-electron chi connectivity index (χ4n) is 1.68. The van der Waals surface area contributed by atoms with E-state index in [1.165, 1.54) is 0 Å². The second kappa shape index (κ2) is 7.36. The Balaban J connectivity index is 4.13. The monoisotopic (exact) mass is 251 g/mol. The molecule has 0 radical (unpaired) electrons. The van der Waals surface area contributed by atoms with Crippen LogP contribution in [0.3, 0.4) is 0 Å². The van der Waals surface area contributed by atoms with Crippen molar-refractivity contribution in [1.29, 1.82) is 0 Å². The molecule has 0 unspecified atom stereocenters. The largest absolute Gasteiger partial charge is 0.633 e. The molecule has 5 nitrogen and oxygen atoms in total. The predicted octanol–water partition coefficient (Wildman–Crippen LogP) is 1.61. The van der Waals surface area contributed by atoms with Crippen LogP contribution in [-0.4, -0.2) is 54.4 Å². The van der Waals surface area contributed by atoms with Crippen LogP contribution in [0.5, 0.6) is 0 Å². The minimum absolute atomic E-state index is 0.151. The van der Waals surface area contributed by atoms with Crippen LogP contribution in [0, 0.1) is 5.21 Å². The van der Waals surface area contributed by atoms with Crippen LogP contribution in [0.1, 0.15) is 20.3 Å². The first-order valence-electron chi connectivity index (χ1n) is 5.74. The molecule has 6 heteroatoms. The van der Waals surface area contributed by atoms with Crippen LogP contribution in [0.4, 0.5) is 0 Å². The maximum atomic E-state index is 12.0. The van der Waals surface area contributed by atoms with Gasteiger partial charge in [0, 0.05) is 33.8 Å². The van der Waals surface area contributed by atoms with Crippen molar-refractivity contribution in [2.75, 3.05) is 41.0 Å². The van der Waals surface area contributed by atoms with Gasteiger partial charge >= 0.3 is 8.80 Å². The van der Waals surface area contributed by atoms with Crippen LogP contribution in [0.25, 0.3) is 0 Å². The van der Waals surface area contributed by atoms with Gasteiger partial charge in [-0.15, -0.1) is 0 Å². The summed E-state index contributed by atoms with van der Waals surface area (Å²) in [6.07, 6.45) is 0.771. The topological polar surface area (TPSA) is 50.8 Å². The number of quaternary nitrogens is 1. The molecular weight excluding hydrogens is 226 g/mol. The van der Waals surface area contributed by atoms with E-state index in [0.717, 1.165) is 6.42 Å². The molecule has 98 valence electrons. The zero-order chi connectivity index (χ0) is 12.7. The van der Waals surface area contributed by atoms with Gasteiger partial charge in [0.05, 0.1) is 19.6 Å². The second-order valence-corrected chi connectivity index (χ2v) is 6.90. The highest BCUT2D eigenvalue weighted by atomic mass is 28.4. The summed E-state index contributed by atoms with van der Waals surface area (Å²) in [5.74, 6) is 0. The van der Waals surface area contributed by atoms with Crippen molar-refractivity contribution in [3.8, 4) is 0 Å². The van der Waals surface area contributed by atoms with E-state index >= 15 is 0 Å². The van der Waals surface area contributed by atoms with E-state index in [1.54, 1.807) is 21.3 Å². The molecule has 16 heavy (non-hydrogen) atoms. The van der Waals surface area contributed by atoms with Crippen LogP contribution in [0.15, 0.2) is 0 Å². The van der Waals surface area contributed by atoms with Gasteiger partial charge in [-0.2, -0.15) is 0 Å². The van der Waals surface area contributed by atoms with E-state index < -0.39 is 8.80 Å². The number of hydrogen-bond acceptors (Lipinski definition) is 4. The Morgan fingerprint density at radius 2 is 1.44 bits per heavy atom. The molecule has 0 aliphatic heterocycles. The smallest absolute Gasteiger partial charge is 0.500 e. The first-order valence-corrected chi connectivity index (χ1v) is 7.67. The molecular formula is C10H25NO4Si. The highest BCUT2D eigenvalue weighted by molar-refractivity contribution is 6.60. The molecule has 0 aromatic carbocycles. The van der Waals surface area contributed by atoms with Crippen LogP contribution in [-0.2, 0) is 13.3 Å². The number of hydrogen-bond donors (Lipinski definition) is 0. The standard InChI is InChI=1S/C10H25NO4Si/c1-6-11(12,7-2)9-8-10-16(13-3,14-4)15-5/h6-10H2,1-5H3. The molecule has 0 heterocycles. The maximum Gasteiger partial charge on any atom is 0.500 e. The Bertz CT molecular complexity index is 175. The number of nitrogens with zero attached hydrogens (tertiary/aromatic N) is 1. The lowest BCUT2D eigenvalue weighted by Crippen LogP contribution is -2.46. The number of hydroxylamine groups is 3. The lowest BCUT2D eigenvalue weighted by molar-refractivity contribution is -0.877. The minimum atomic E-state index is -2.49. The summed E-state index contributed by atoms with van der Waals surface area (Å²) in [6, 6.07) is 0.693. The summed E-state index contributed by atoms with van der Waals surface area (Å²) < 4.78 is 15.8. The lowest BCUT2D eigenvalue weighted by Gasteiger charge is -2.41. The van der Waals surface area contributed by atoms with Crippen LogP contribution >= 0.6 is 0 Å². The summed E-state index contributed by atoms with van der Waals surface area (Å²) >= 11 is 0. The molecule has 0 aromatic heterocycles. The van der Waals surface area contributed by atoms with Crippen molar-refractivity contribution in [3.63, 3.8) is 0 Å². The van der Waals surface area contributed by atoms with Gasteiger partial charge in [0.2, 0.25) is 0 Å². The Morgan fingerprint density at radius 3 is 1.75 bits per heavy atom. The summed E-state index contributed by atoms with van der Waals surface area (Å²) in [6.45, 7) is 5.65. The van der Waals surface area contributed by atoms with E-state index in [9.17, 15) is 5.21 Å². The molecule has 0 spiro atoms. The SMILES string of the molecule is CC[N+]([O-])(CC)CCC[Si](OC)(OC)OC. The Morgan fingerprint density at radius 1 is 1.00 bits per heavy atom. The van der Waals surface area contributed by atoms with Gasteiger partial charge in [-0.1, -0.05) is 0 Å². The van der Waals surface area contributed by atoms with Crippen LogP contribution < -0.4 is 0 Å². The van der Waals surface area contributed by atoms with Gasteiger partial charge in [0.1, 0.15) is 0 Å². The van der Waals surface area contributed by atoms with Crippen LogP contribution in [0.2, 0.25) is 6.04 Å². The zero-order valence-electron chi connectivity index (χ0n) is 11.1. The van der Waals surface area contributed by atoms with Crippen molar-refractivity contribution in [3.05, 3.63) is 5.21 Å². The van der Waals surface area contributed by atoms with E-state index in [-0.39, 0.29) is 4.65 Å². The third-order valence-electron chi connectivity index (χ3n) is 3.13. The third-order valence-corrected chi connectivity index (χ3v) is 5.97. The summed E-state index contributed by atoms with van der Waals surface area (Å²) in [5.41, 5.74) is 0. The highest BCUT2D eigenvalue weighted by Crippen LogP contribution is 2.17. The van der Waals surface area contributed by atoms with Crippen molar-refractivity contribution < 1.29 is 17.9 Å². The summed E-state index contributed by atoms with van der Waals surface area (Å²) in [4.78, 5) is 0. The van der Waals surface area contributed by atoms with Gasteiger partial charge in [-0.3, -0.25) is 0 Å². The molecule has 0 aliphatic carbocycles. The average molecular weight is 251 g/mol. The number of rotatable bonds is 9. The Labute approximate surface area is 99.8 Å². The fourth-order valence-corrected chi connectivity index (χ4v) is 3.38. The first kappa shape index (κ1) is 16.0. The highest BCUT2D eigenvalue weighted by Gasteiger charge is 2.37. The molecule has 0 rings (SSSR count).